The molecule has 1 saturated heterocycles. The van der Waals surface area contributed by atoms with Crippen LogP contribution in [-0.4, -0.2) is 47.6 Å². The van der Waals surface area contributed by atoms with Gasteiger partial charge in [0.1, 0.15) is 6.26 Å². The first-order valence-corrected chi connectivity index (χ1v) is 6.97. The van der Waals surface area contributed by atoms with E-state index in [1.807, 2.05) is 11.8 Å². The normalized spacial score (nSPS) is 16.1. The highest BCUT2D eigenvalue weighted by Gasteiger charge is 2.27. The number of nitrogens with zero attached hydrogens (tertiary/aromatic N) is 1. The molecule has 0 saturated carbocycles. The molecule has 6 nitrogen and oxygen atoms in total. The van der Waals surface area contributed by atoms with Crippen LogP contribution in [0.3, 0.4) is 0 Å². The lowest BCUT2D eigenvalue weighted by molar-refractivity contribution is 0.0609. The third-order valence-electron chi connectivity index (χ3n) is 3.53. The molecule has 0 aliphatic carbocycles. The minimum Gasteiger partial charge on any atom is -0.478 e. The molecule has 2 N–H and O–H groups in total. The summed E-state index contributed by atoms with van der Waals surface area (Å²) in [6.07, 6.45) is 3.81. The first kappa shape index (κ1) is 14.6. The van der Waals surface area contributed by atoms with Crippen LogP contribution in [0.1, 0.15) is 47.1 Å². The molecule has 2 heterocycles. The molecule has 0 bridgehead atoms. The number of carboxylic acids is 1. The molecular weight excluding hydrogens is 260 g/mol. The molecule has 0 aromatic carbocycles. The van der Waals surface area contributed by atoms with Crippen molar-refractivity contribution in [3.8, 4) is 0 Å². The van der Waals surface area contributed by atoms with E-state index < -0.39 is 5.97 Å². The Bertz CT molecular complexity index is 477. The van der Waals surface area contributed by atoms with E-state index in [2.05, 4.69) is 5.32 Å². The second kappa shape index (κ2) is 6.56. The van der Waals surface area contributed by atoms with Crippen molar-refractivity contribution in [2.45, 2.75) is 32.2 Å². The standard InChI is InChI=1S/C14H20N2O4/c1-2-7-16(11-3-5-15-6-4-11)13(17)12-8-10(9-20-12)14(18)19/h8-9,11,15H,2-7H2,1H3,(H,18,19). The maximum absolute atomic E-state index is 12.5. The van der Waals surface area contributed by atoms with Gasteiger partial charge in [-0.2, -0.15) is 0 Å². The molecular formula is C14H20N2O4. The predicted molar refractivity (Wildman–Crippen MR) is 72.9 cm³/mol. The number of amides is 1. The summed E-state index contributed by atoms with van der Waals surface area (Å²) in [5, 5.41) is 12.1. The first-order chi connectivity index (χ1) is 9.63. The number of carbonyl (C=O) groups is 2. The van der Waals surface area contributed by atoms with Crippen LogP contribution >= 0.6 is 0 Å². The van der Waals surface area contributed by atoms with Crippen LogP contribution in [0.2, 0.25) is 0 Å². The number of piperidine rings is 1. The van der Waals surface area contributed by atoms with Crippen LogP contribution in [0.15, 0.2) is 16.7 Å². The number of hydrogen-bond donors (Lipinski definition) is 2. The molecule has 1 aliphatic rings. The molecule has 1 aromatic rings. The summed E-state index contributed by atoms with van der Waals surface area (Å²) in [4.78, 5) is 25.1. The highest BCUT2D eigenvalue weighted by Crippen LogP contribution is 2.18. The van der Waals surface area contributed by atoms with Crippen LogP contribution in [0.4, 0.5) is 0 Å². The number of rotatable bonds is 5. The third-order valence-corrected chi connectivity index (χ3v) is 3.53. The monoisotopic (exact) mass is 280 g/mol. The fraction of sp³-hybridized carbons (Fsp3) is 0.571. The van der Waals surface area contributed by atoms with Crippen molar-refractivity contribution in [1.82, 2.24) is 10.2 Å². The molecule has 0 spiro atoms. The smallest absolute Gasteiger partial charge is 0.338 e. The minimum atomic E-state index is -1.09. The summed E-state index contributed by atoms with van der Waals surface area (Å²) in [6, 6.07) is 1.50. The van der Waals surface area contributed by atoms with Gasteiger partial charge in [-0.15, -0.1) is 0 Å². The van der Waals surface area contributed by atoms with Crippen molar-refractivity contribution >= 4 is 11.9 Å². The van der Waals surface area contributed by atoms with Crippen molar-refractivity contribution in [3.05, 3.63) is 23.7 Å². The fourth-order valence-corrected chi connectivity index (χ4v) is 2.51. The molecule has 0 radical (unpaired) electrons. The summed E-state index contributed by atoms with van der Waals surface area (Å²) in [5.74, 6) is -1.20. The number of furan rings is 1. The zero-order valence-corrected chi connectivity index (χ0v) is 11.6. The molecule has 1 aromatic heterocycles. The predicted octanol–water partition coefficient (Wildman–Crippen LogP) is 1.58. The number of nitrogens with one attached hydrogen (secondary N) is 1. The number of carbonyl (C=O) groups excluding carboxylic acids is 1. The van der Waals surface area contributed by atoms with Gasteiger partial charge in [-0.25, -0.2) is 4.79 Å². The van der Waals surface area contributed by atoms with Crippen molar-refractivity contribution in [3.63, 3.8) is 0 Å². The van der Waals surface area contributed by atoms with Gasteiger partial charge >= 0.3 is 5.97 Å². The molecule has 0 atom stereocenters. The lowest BCUT2D eigenvalue weighted by Crippen LogP contribution is -2.46. The van der Waals surface area contributed by atoms with E-state index in [0.29, 0.717) is 6.54 Å². The van der Waals surface area contributed by atoms with Gasteiger partial charge in [0.05, 0.1) is 5.56 Å². The van der Waals surface area contributed by atoms with Gasteiger partial charge in [0.2, 0.25) is 0 Å². The van der Waals surface area contributed by atoms with Crippen molar-refractivity contribution in [2.24, 2.45) is 0 Å². The van der Waals surface area contributed by atoms with Crippen molar-refractivity contribution in [1.29, 1.82) is 0 Å². The molecule has 110 valence electrons. The molecule has 1 aliphatic heterocycles. The maximum atomic E-state index is 12.5. The van der Waals surface area contributed by atoms with E-state index in [9.17, 15) is 9.59 Å². The van der Waals surface area contributed by atoms with E-state index in [1.54, 1.807) is 0 Å². The van der Waals surface area contributed by atoms with Crippen LogP contribution in [0.25, 0.3) is 0 Å². The Labute approximate surface area is 117 Å². The lowest BCUT2D eigenvalue weighted by atomic mass is 10.0. The van der Waals surface area contributed by atoms with E-state index in [1.165, 1.54) is 6.07 Å². The van der Waals surface area contributed by atoms with Gasteiger partial charge in [0.15, 0.2) is 5.76 Å². The van der Waals surface area contributed by atoms with E-state index >= 15 is 0 Å². The number of aromatic carboxylic acids is 1. The Hall–Kier alpha value is -1.82. The topological polar surface area (TPSA) is 82.8 Å². The second-order valence-electron chi connectivity index (χ2n) is 4.98. The quantitative estimate of drug-likeness (QED) is 0.855. The molecule has 6 heteroatoms. The van der Waals surface area contributed by atoms with Gasteiger partial charge in [-0.1, -0.05) is 6.92 Å². The van der Waals surface area contributed by atoms with Crippen molar-refractivity contribution < 1.29 is 19.1 Å². The largest absolute Gasteiger partial charge is 0.478 e. The zero-order valence-electron chi connectivity index (χ0n) is 11.6. The SMILES string of the molecule is CCCN(C(=O)c1cc(C(=O)O)co1)C1CCNCC1. The highest BCUT2D eigenvalue weighted by atomic mass is 16.4. The Morgan fingerprint density at radius 3 is 2.70 bits per heavy atom. The van der Waals surface area contributed by atoms with Gasteiger partial charge in [0, 0.05) is 18.7 Å². The van der Waals surface area contributed by atoms with Gasteiger partial charge in [-0.05, 0) is 32.4 Å². The Balaban J connectivity index is 2.14. The summed E-state index contributed by atoms with van der Waals surface area (Å²) < 4.78 is 5.12. The zero-order chi connectivity index (χ0) is 14.5. The Morgan fingerprint density at radius 2 is 2.15 bits per heavy atom. The molecule has 1 amide bonds. The Kier molecular flexibility index (Phi) is 4.79. The maximum Gasteiger partial charge on any atom is 0.338 e. The molecule has 1 fully saturated rings. The van der Waals surface area contributed by atoms with Crippen LogP contribution in [0, 0.1) is 0 Å². The number of carboxylic acid groups (broad SMARTS) is 1. The third kappa shape index (κ3) is 3.19. The lowest BCUT2D eigenvalue weighted by Gasteiger charge is -2.34. The highest BCUT2D eigenvalue weighted by molar-refractivity contribution is 5.95. The first-order valence-electron chi connectivity index (χ1n) is 6.97. The van der Waals surface area contributed by atoms with E-state index in [0.717, 1.165) is 38.6 Å². The molecule has 2 rings (SSSR count). The van der Waals surface area contributed by atoms with Crippen LogP contribution in [0.5, 0.6) is 0 Å². The summed E-state index contributed by atoms with van der Waals surface area (Å²) in [5.41, 5.74) is 0.00936. The van der Waals surface area contributed by atoms with Crippen LogP contribution in [-0.2, 0) is 0 Å². The van der Waals surface area contributed by atoms with Gasteiger partial charge < -0.3 is 19.7 Å². The fourth-order valence-electron chi connectivity index (χ4n) is 2.51. The summed E-state index contributed by atoms with van der Waals surface area (Å²) in [7, 11) is 0. The molecule has 0 unspecified atom stereocenters. The second-order valence-corrected chi connectivity index (χ2v) is 4.98. The minimum absolute atomic E-state index is 0.00936. The van der Waals surface area contributed by atoms with E-state index in [-0.39, 0.29) is 23.3 Å². The van der Waals surface area contributed by atoms with Crippen LogP contribution < -0.4 is 5.32 Å². The average Bonchev–Trinajstić information content (AvgIpc) is 2.95. The molecule has 20 heavy (non-hydrogen) atoms. The summed E-state index contributed by atoms with van der Waals surface area (Å²) in [6.45, 7) is 4.48. The average molecular weight is 280 g/mol. The van der Waals surface area contributed by atoms with Gasteiger partial charge in [-0.3, -0.25) is 4.79 Å². The number of hydrogen-bond acceptors (Lipinski definition) is 4. The Morgan fingerprint density at radius 1 is 1.45 bits per heavy atom. The van der Waals surface area contributed by atoms with E-state index in [4.69, 9.17) is 9.52 Å². The summed E-state index contributed by atoms with van der Waals surface area (Å²) >= 11 is 0. The van der Waals surface area contributed by atoms with Gasteiger partial charge in [0.25, 0.3) is 5.91 Å². The van der Waals surface area contributed by atoms with Crippen molar-refractivity contribution in [2.75, 3.05) is 19.6 Å².